The van der Waals surface area contributed by atoms with Crippen molar-refractivity contribution in [2.45, 2.75) is 38.3 Å². The number of fused-ring (bicyclic) bond motifs is 3. The van der Waals surface area contributed by atoms with Gasteiger partial charge in [0.05, 0.1) is 12.7 Å². The molecule has 1 saturated heterocycles. The molecule has 1 N–H and O–H groups in total. The summed E-state index contributed by atoms with van der Waals surface area (Å²) in [5.74, 6) is 0. The highest BCUT2D eigenvalue weighted by atomic mass is 16.5. The Hall–Kier alpha value is -0.860. The Kier molecular flexibility index (Phi) is 2.70. The van der Waals surface area contributed by atoms with Crippen LogP contribution in [0.4, 0.5) is 0 Å². The van der Waals surface area contributed by atoms with Crippen molar-refractivity contribution >= 4 is 0 Å². The van der Waals surface area contributed by atoms with Crippen molar-refractivity contribution < 1.29 is 4.74 Å². The maximum atomic E-state index is 5.95. The van der Waals surface area contributed by atoms with Crippen molar-refractivity contribution in [3.63, 3.8) is 0 Å². The van der Waals surface area contributed by atoms with E-state index in [1.54, 1.807) is 0 Å². The number of aryl methyl sites for hydroxylation is 2. The van der Waals surface area contributed by atoms with Crippen LogP contribution in [0.1, 0.15) is 36.1 Å². The summed E-state index contributed by atoms with van der Waals surface area (Å²) in [5.41, 5.74) is 4.35. The van der Waals surface area contributed by atoms with Gasteiger partial charge >= 0.3 is 0 Å². The van der Waals surface area contributed by atoms with Crippen molar-refractivity contribution in [2.75, 3.05) is 13.2 Å². The van der Waals surface area contributed by atoms with E-state index in [1.165, 1.54) is 29.5 Å². The highest BCUT2D eigenvalue weighted by Gasteiger charge is 2.32. The highest BCUT2D eigenvalue weighted by molar-refractivity contribution is 5.37. The lowest BCUT2D eigenvalue weighted by molar-refractivity contribution is -0.0127. The highest BCUT2D eigenvalue weighted by Crippen LogP contribution is 2.34. The summed E-state index contributed by atoms with van der Waals surface area (Å²) in [5, 5.41) is 3.57. The maximum absolute atomic E-state index is 5.95. The van der Waals surface area contributed by atoms with Gasteiger partial charge in [0, 0.05) is 12.6 Å². The minimum atomic E-state index is 0.295. The molecule has 0 bridgehead atoms. The second-order valence-electron chi connectivity index (χ2n) is 4.78. The largest absolute Gasteiger partial charge is 0.371 e. The van der Waals surface area contributed by atoms with E-state index in [4.69, 9.17) is 4.74 Å². The Balaban J connectivity index is 1.98. The number of rotatable bonds is 1. The van der Waals surface area contributed by atoms with E-state index < -0.39 is 0 Å². The molecule has 1 heterocycles. The van der Waals surface area contributed by atoms with Crippen LogP contribution in [0, 0.1) is 0 Å². The molecule has 1 aliphatic carbocycles. The van der Waals surface area contributed by atoms with Crippen LogP contribution >= 0.6 is 0 Å². The molecule has 3 rings (SSSR count). The van der Waals surface area contributed by atoms with E-state index in [0.717, 1.165) is 19.6 Å². The molecule has 86 valence electrons. The summed E-state index contributed by atoms with van der Waals surface area (Å²) in [6.07, 6.45) is 3.81. The molecule has 0 spiro atoms. The maximum Gasteiger partial charge on any atom is 0.0981 e. The van der Waals surface area contributed by atoms with Crippen LogP contribution in [0.25, 0.3) is 0 Å². The zero-order chi connectivity index (χ0) is 11.0. The quantitative estimate of drug-likeness (QED) is 0.779. The monoisotopic (exact) mass is 217 g/mol. The number of ether oxygens (including phenoxy) is 1. The molecule has 2 nitrogen and oxygen atoms in total. The lowest BCUT2D eigenvalue weighted by Crippen LogP contribution is -2.45. The SMILES string of the molecule is CCc1ccc2c(c1)C1OCCNC1CC2. The molecule has 0 radical (unpaired) electrons. The van der Waals surface area contributed by atoms with Crippen molar-refractivity contribution in [1.82, 2.24) is 5.32 Å². The van der Waals surface area contributed by atoms with Crippen molar-refractivity contribution in [3.8, 4) is 0 Å². The van der Waals surface area contributed by atoms with Crippen LogP contribution in [0.15, 0.2) is 18.2 Å². The van der Waals surface area contributed by atoms with Crippen molar-refractivity contribution in [1.29, 1.82) is 0 Å². The van der Waals surface area contributed by atoms with Gasteiger partial charge in [-0.3, -0.25) is 0 Å². The first-order chi connectivity index (χ1) is 7.88. The Morgan fingerprint density at radius 3 is 3.25 bits per heavy atom. The van der Waals surface area contributed by atoms with Gasteiger partial charge in [-0.15, -0.1) is 0 Å². The van der Waals surface area contributed by atoms with Crippen LogP contribution in [-0.4, -0.2) is 19.2 Å². The molecule has 0 saturated carbocycles. The minimum absolute atomic E-state index is 0.295. The average molecular weight is 217 g/mol. The predicted molar refractivity (Wildman–Crippen MR) is 64.6 cm³/mol. The third-order valence-electron chi connectivity index (χ3n) is 3.82. The molecule has 1 aromatic carbocycles. The lowest BCUT2D eigenvalue weighted by atomic mass is 9.84. The van der Waals surface area contributed by atoms with Crippen LogP contribution < -0.4 is 5.32 Å². The van der Waals surface area contributed by atoms with Gasteiger partial charge < -0.3 is 10.1 Å². The summed E-state index contributed by atoms with van der Waals surface area (Å²) in [4.78, 5) is 0. The first-order valence-electron chi connectivity index (χ1n) is 6.35. The summed E-state index contributed by atoms with van der Waals surface area (Å²) >= 11 is 0. The fourth-order valence-electron chi connectivity index (χ4n) is 2.88. The summed E-state index contributed by atoms with van der Waals surface area (Å²) in [6, 6.07) is 7.44. The Bertz CT molecular complexity index is 388. The molecular weight excluding hydrogens is 198 g/mol. The zero-order valence-electron chi connectivity index (χ0n) is 9.83. The average Bonchev–Trinajstić information content (AvgIpc) is 2.38. The third kappa shape index (κ3) is 1.66. The van der Waals surface area contributed by atoms with E-state index >= 15 is 0 Å². The molecule has 1 fully saturated rings. The van der Waals surface area contributed by atoms with E-state index in [2.05, 4.69) is 30.4 Å². The fourth-order valence-corrected chi connectivity index (χ4v) is 2.88. The number of benzene rings is 1. The first-order valence-corrected chi connectivity index (χ1v) is 6.35. The van der Waals surface area contributed by atoms with Crippen LogP contribution in [0.5, 0.6) is 0 Å². The summed E-state index contributed by atoms with van der Waals surface area (Å²) in [7, 11) is 0. The van der Waals surface area contributed by atoms with E-state index in [1.807, 2.05) is 0 Å². The van der Waals surface area contributed by atoms with Gasteiger partial charge in [-0.05, 0) is 36.0 Å². The molecule has 1 aromatic rings. The van der Waals surface area contributed by atoms with Gasteiger partial charge in [0.1, 0.15) is 0 Å². The van der Waals surface area contributed by atoms with Gasteiger partial charge in [0.25, 0.3) is 0 Å². The smallest absolute Gasteiger partial charge is 0.0981 e. The van der Waals surface area contributed by atoms with Gasteiger partial charge in [-0.25, -0.2) is 0 Å². The second kappa shape index (κ2) is 4.19. The third-order valence-corrected chi connectivity index (χ3v) is 3.82. The standard InChI is InChI=1S/C14H19NO/c1-2-10-3-4-11-5-6-13-14(12(11)9-10)16-8-7-15-13/h3-4,9,13-15H,2,5-8H2,1H3. The second-order valence-corrected chi connectivity index (χ2v) is 4.78. The topological polar surface area (TPSA) is 21.3 Å². The zero-order valence-corrected chi connectivity index (χ0v) is 9.83. The number of nitrogens with one attached hydrogen (secondary N) is 1. The molecule has 16 heavy (non-hydrogen) atoms. The minimum Gasteiger partial charge on any atom is -0.371 e. The van der Waals surface area contributed by atoms with Crippen LogP contribution in [0.3, 0.4) is 0 Å². The Labute approximate surface area is 97.0 Å². The van der Waals surface area contributed by atoms with E-state index in [9.17, 15) is 0 Å². The number of morpholine rings is 1. The molecule has 2 aliphatic rings. The van der Waals surface area contributed by atoms with Crippen molar-refractivity contribution in [3.05, 3.63) is 34.9 Å². The molecule has 0 amide bonds. The van der Waals surface area contributed by atoms with Gasteiger partial charge in [-0.2, -0.15) is 0 Å². The van der Waals surface area contributed by atoms with Gasteiger partial charge in [0.2, 0.25) is 0 Å². The Morgan fingerprint density at radius 1 is 1.44 bits per heavy atom. The number of hydrogen-bond donors (Lipinski definition) is 1. The molecule has 2 heteroatoms. The predicted octanol–water partition coefficient (Wildman–Crippen LogP) is 2.22. The normalized spacial score (nSPS) is 28.3. The molecular formula is C14H19NO. The number of hydrogen-bond acceptors (Lipinski definition) is 2. The molecule has 1 aliphatic heterocycles. The lowest BCUT2D eigenvalue weighted by Gasteiger charge is -2.38. The first kappa shape index (κ1) is 10.3. The molecule has 0 aromatic heterocycles. The van der Waals surface area contributed by atoms with Gasteiger partial charge in [0.15, 0.2) is 0 Å². The van der Waals surface area contributed by atoms with Gasteiger partial charge in [-0.1, -0.05) is 25.1 Å². The van der Waals surface area contributed by atoms with Crippen LogP contribution in [-0.2, 0) is 17.6 Å². The van der Waals surface area contributed by atoms with E-state index in [-0.39, 0.29) is 0 Å². The summed E-state index contributed by atoms with van der Waals surface area (Å²) in [6.45, 7) is 4.06. The van der Waals surface area contributed by atoms with Crippen molar-refractivity contribution in [2.24, 2.45) is 0 Å². The molecule has 2 unspecified atom stereocenters. The van der Waals surface area contributed by atoms with E-state index in [0.29, 0.717) is 12.1 Å². The Morgan fingerprint density at radius 2 is 2.38 bits per heavy atom. The van der Waals surface area contributed by atoms with Crippen LogP contribution in [0.2, 0.25) is 0 Å². The fraction of sp³-hybridized carbons (Fsp3) is 0.571. The molecule has 2 atom stereocenters. The summed E-state index contributed by atoms with van der Waals surface area (Å²) < 4.78 is 5.95.